The first-order valence-electron chi connectivity index (χ1n) is 7.92. The Morgan fingerprint density at radius 3 is 3.00 bits per heavy atom. The molecule has 2 amide bonds. The fourth-order valence-electron chi connectivity index (χ4n) is 3.13. The molecule has 2 aliphatic rings. The molecule has 0 bridgehead atoms. The number of likely N-dealkylation sites (tertiary alicyclic amines) is 1. The zero-order valence-electron chi connectivity index (χ0n) is 13.8. The molecule has 1 atom stereocenters. The van der Waals surface area contributed by atoms with Crippen LogP contribution in [-0.2, 0) is 9.53 Å². The zero-order chi connectivity index (χ0) is 17.2. The summed E-state index contributed by atoms with van der Waals surface area (Å²) >= 11 is 2.98. The first-order valence-corrected chi connectivity index (χ1v) is 9.72. The van der Waals surface area contributed by atoms with E-state index in [1.54, 1.807) is 23.7 Å². The van der Waals surface area contributed by atoms with Gasteiger partial charge in [0.05, 0.1) is 13.1 Å². The van der Waals surface area contributed by atoms with E-state index in [4.69, 9.17) is 4.74 Å². The van der Waals surface area contributed by atoms with Crippen molar-refractivity contribution in [3.05, 3.63) is 0 Å². The van der Waals surface area contributed by atoms with Crippen molar-refractivity contribution in [3.8, 4) is 0 Å². The van der Waals surface area contributed by atoms with Gasteiger partial charge in [0.1, 0.15) is 5.60 Å². The lowest BCUT2D eigenvalue weighted by molar-refractivity contribution is -0.118. The van der Waals surface area contributed by atoms with Crippen LogP contribution in [0.4, 0.5) is 9.93 Å². The fourth-order valence-corrected chi connectivity index (χ4v) is 4.80. The first-order chi connectivity index (χ1) is 11.5. The smallest absolute Gasteiger partial charge is 0.410 e. The van der Waals surface area contributed by atoms with Crippen molar-refractivity contribution in [3.63, 3.8) is 0 Å². The number of nitrogens with one attached hydrogen (secondary N) is 1. The van der Waals surface area contributed by atoms with Crippen LogP contribution in [0.3, 0.4) is 0 Å². The quantitative estimate of drug-likeness (QED) is 0.620. The standard InChI is InChI=1S/C14H21N5O3S2/c1-3-23-12-17-16-11(24-12)15-10(20)7-19-6-4-5-14(9-19)8-18(2)13(21)22-14/h3-9H2,1-2H3,(H,15,16,20). The molecule has 0 aliphatic carbocycles. The highest BCUT2D eigenvalue weighted by molar-refractivity contribution is 8.01. The largest absolute Gasteiger partial charge is 0.440 e. The summed E-state index contributed by atoms with van der Waals surface area (Å²) in [5.41, 5.74) is -0.474. The van der Waals surface area contributed by atoms with Gasteiger partial charge in [-0.25, -0.2) is 4.79 Å². The lowest BCUT2D eigenvalue weighted by atomic mass is 9.93. The summed E-state index contributed by atoms with van der Waals surface area (Å²) in [6, 6.07) is 0. The maximum absolute atomic E-state index is 12.2. The van der Waals surface area contributed by atoms with Gasteiger partial charge in [0.15, 0.2) is 4.34 Å². The van der Waals surface area contributed by atoms with Crippen molar-refractivity contribution in [2.45, 2.75) is 29.7 Å². The molecule has 1 aromatic heterocycles. The molecular formula is C14H21N5O3S2. The summed E-state index contributed by atoms with van der Waals surface area (Å²) in [6.07, 6.45) is 1.47. The minimum atomic E-state index is -0.474. The molecule has 2 aliphatic heterocycles. The minimum Gasteiger partial charge on any atom is -0.440 e. The van der Waals surface area contributed by atoms with E-state index in [1.165, 1.54) is 11.3 Å². The molecule has 0 aromatic carbocycles. The number of carbonyl (C=O) groups is 2. The summed E-state index contributed by atoms with van der Waals surface area (Å²) in [5.74, 6) is 0.805. The Labute approximate surface area is 148 Å². The number of ether oxygens (including phenoxy) is 1. The number of likely N-dealkylation sites (N-methyl/N-ethyl adjacent to an activating group) is 1. The molecule has 0 radical (unpaired) electrons. The van der Waals surface area contributed by atoms with Crippen molar-refractivity contribution < 1.29 is 14.3 Å². The Morgan fingerprint density at radius 1 is 1.46 bits per heavy atom. The van der Waals surface area contributed by atoms with Gasteiger partial charge in [-0.2, -0.15) is 0 Å². The van der Waals surface area contributed by atoms with Crippen LogP contribution in [0.1, 0.15) is 19.8 Å². The van der Waals surface area contributed by atoms with Crippen LogP contribution in [-0.4, -0.2) is 76.6 Å². The van der Waals surface area contributed by atoms with Gasteiger partial charge in [0, 0.05) is 13.6 Å². The number of carbonyl (C=O) groups excluding carboxylic acids is 2. The van der Waals surface area contributed by atoms with Crippen LogP contribution in [0.2, 0.25) is 0 Å². The van der Waals surface area contributed by atoms with E-state index in [-0.39, 0.29) is 18.5 Å². The highest BCUT2D eigenvalue weighted by atomic mass is 32.2. The second kappa shape index (κ2) is 7.24. The van der Waals surface area contributed by atoms with Crippen LogP contribution < -0.4 is 5.32 Å². The number of amides is 2. The van der Waals surface area contributed by atoms with Gasteiger partial charge in [0.2, 0.25) is 11.0 Å². The summed E-state index contributed by atoms with van der Waals surface area (Å²) in [7, 11) is 1.74. The number of hydrogen-bond donors (Lipinski definition) is 1. The molecule has 1 N–H and O–H groups in total. The monoisotopic (exact) mass is 371 g/mol. The van der Waals surface area contributed by atoms with Gasteiger partial charge in [-0.15, -0.1) is 10.2 Å². The molecule has 3 rings (SSSR count). The molecule has 2 saturated heterocycles. The Bertz CT molecular complexity index is 625. The van der Waals surface area contributed by atoms with Gasteiger partial charge in [-0.1, -0.05) is 30.0 Å². The van der Waals surface area contributed by atoms with Gasteiger partial charge < -0.3 is 9.64 Å². The number of thioether (sulfide) groups is 1. The average Bonchev–Trinajstić information content (AvgIpc) is 3.04. The van der Waals surface area contributed by atoms with E-state index in [0.717, 1.165) is 29.5 Å². The highest BCUT2D eigenvalue weighted by Gasteiger charge is 2.46. The second-order valence-corrected chi connectivity index (χ2v) is 8.56. The molecule has 2 fully saturated rings. The van der Waals surface area contributed by atoms with E-state index >= 15 is 0 Å². The van der Waals surface area contributed by atoms with Crippen molar-refractivity contribution in [1.82, 2.24) is 20.0 Å². The van der Waals surface area contributed by atoms with Crippen molar-refractivity contribution >= 4 is 40.2 Å². The Hall–Kier alpha value is -1.39. The Morgan fingerprint density at radius 2 is 2.29 bits per heavy atom. The van der Waals surface area contributed by atoms with Crippen molar-refractivity contribution in [2.24, 2.45) is 0 Å². The number of nitrogens with zero attached hydrogens (tertiary/aromatic N) is 4. The Kier molecular flexibility index (Phi) is 5.26. The fraction of sp³-hybridized carbons (Fsp3) is 0.714. The third kappa shape index (κ3) is 3.98. The summed E-state index contributed by atoms with van der Waals surface area (Å²) in [5, 5.41) is 11.3. The molecule has 132 valence electrons. The summed E-state index contributed by atoms with van der Waals surface area (Å²) in [6.45, 7) is 4.30. The lowest BCUT2D eigenvalue weighted by Crippen LogP contribution is -2.52. The van der Waals surface area contributed by atoms with Crippen LogP contribution in [0, 0.1) is 0 Å². The third-order valence-electron chi connectivity index (χ3n) is 4.05. The molecular weight excluding hydrogens is 350 g/mol. The average molecular weight is 371 g/mol. The molecule has 0 saturated carbocycles. The van der Waals surface area contributed by atoms with E-state index in [2.05, 4.69) is 15.5 Å². The molecule has 3 heterocycles. The molecule has 10 heteroatoms. The Balaban J connectivity index is 1.53. The zero-order valence-corrected chi connectivity index (χ0v) is 15.4. The number of anilines is 1. The number of rotatable bonds is 5. The van der Waals surface area contributed by atoms with Crippen LogP contribution >= 0.6 is 23.1 Å². The predicted molar refractivity (Wildman–Crippen MR) is 92.5 cm³/mol. The van der Waals surface area contributed by atoms with Gasteiger partial charge in [0.25, 0.3) is 0 Å². The molecule has 1 spiro atoms. The molecule has 1 unspecified atom stereocenters. The van der Waals surface area contributed by atoms with Crippen molar-refractivity contribution in [1.29, 1.82) is 0 Å². The maximum atomic E-state index is 12.2. The SMILES string of the molecule is CCSc1nnc(NC(=O)CN2CCCC3(C2)CN(C)C(=O)O3)s1. The summed E-state index contributed by atoms with van der Waals surface area (Å²) in [4.78, 5) is 27.5. The number of hydrogen-bond acceptors (Lipinski definition) is 8. The van der Waals surface area contributed by atoms with Crippen molar-refractivity contribution in [2.75, 3.05) is 44.3 Å². The highest BCUT2D eigenvalue weighted by Crippen LogP contribution is 2.31. The molecule has 1 aromatic rings. The maximum Gasteiger partial charge on any atom is 0.410 e. The first kappa shape index (κ1) is 17.4. The van der Waals surface area contributed by atoms with Crippen LogP contribution in [0.25, 0.3) is 0 Å². The summed E-state index contributed by atoms with van der Waals surface area (Å²) < 4.78 is 6.41. The van der Waals surface area contributed by atoms with E-state index in [1.807, 2.05) is 11.8 Å². The van der Waals surface area contributed by atoms with Crippen LogP contribution in [0.5, 0.6) is 0 Å². The third-order valence-corrected chi connectivity index (χ3v) is 5.90. The topological polar surface area (TPSA) is 87.7 Å². The second-order valence-electron chi connectivity index (χ2n) is 6.08. The normalized spacial score (nSPS) is 24.4. The van der Waals surface area contributed by atoms with Gasteiger partial charge >= 0.3 is 6.09 Å². The minimum absolute atomic E-state index is 0.117. The number of piperidine rings is 1. The molecule has 24 heavy (non-hydrogen) atoms. The van der Waals surface area contributed by atoms with E-state index in [9.17, 15) is 9.59 Å². The lowest BCUT2D eigenvalue weighted by Gasteiger charge is -2.37. The van der Waals surface area contributed by atoms with E-state index in [0.29, 0.717) is 18.2 Å². The predicted octanol–water partition coefficient (Wildman–Crippen LogP) is 1.51. The number of aromatic nitrogens is 2. The van der Waals surface area contributed by atoms with E-state index < -0.39 is 5.60 Å². The van der Waals surface area contributed by atoms with Gasteiger partial charge in [-0.3, -0.25) is 15.0 Å². The van der Waals surface area contributed by atoms with Gasteiger partial charge in [-0.05, 0) is 25.1 Å². The van der Waals surface area contributed by atoms with Crippen LogP contribution in [0.15, 0.2) is 4.34 Å². The molecule has 8 nitrogen and oxygen atoms in total.